The highest BCUT2D eigenvalue weighted by atomic mass is 19.1. The number of nitriles is 1. The maximum atomic E-state index is 13.9. The first-order valence-corrected chi connectivity index (χ1v) is 9.54. The monoisotopic (exact) mass is 359 g/mol. The molecule has 2 bridgehead atoms. The van der Waals surface area contributed by atoms with Gasteiger partial charge in [-0.05, 0) is 72.8 Å². The van der Waals surface area contributed by atoms with Crippen LogP contribution in [0.2, 0.25) is 0 Å². The van der Waals surface area contributed by atoms with Crippen molar-refractivity contribution in [1.82, 2.24) is 15.4 Å². The van der Waals surface area contributed by atoms with Gasteiger partial charge >= 0.3 is 0 Å². The van der Waals surface area contributed by atoms with Crippen molar-refractivity contribution in [3.8, 4) is 6.07 Å². The van der Waals surface area contributed by atoms with E-state index in [0.717, 1.165) is 22.3 Å². The molecule has 6 heteroatoms. The van der Waals surface area contributed by atoms with E-state index in [4.69, 9.17) is 0 Å². The summed E-state index contributed by atoms with van der Waals surface area (Å²) in [6, 6.07) is 11.1. The normalized spacial score (nSPS) is 30.6. The van der Waals surface area contributed by atoms with Crippen LogP contribution in [0.4, 0.5) is 10.1 Å². The van der Waals surface area contributed by atoms with Gasteiger partial charge in [-0.25, -0.2) is 4.39 Å². The highest BCUT2D eigenvalue weighted by molar-refractivity contribution is 5.85. The number of aromatic amines is 1. The van der Waals surface area contributed by atoms with Crippen molar-refractivity contribution in [3.05, 3.63) is 52.8 Å². The molecule has 2 heterocycles. The lowest BCUT2D eigenvalue weighted by atomic mass is 9.67. The lowest BCUT2D eigenvalue weighted by Gasteiger charge is -2.43. The number of benzene rings is 2. The van der Waals surface area contributed by atoms with Crippen molar-refractivity contribution in [2.45, 2.75) is 31.2 Å². The van der Waals surface area contributed by atoms with Gasteiger partial charge in [0.2, 0.25) is 0 Å². The summed E-state index contributed by atoms with van der Waals surface area (Å²) in [5.74, 6) is 1.75. The third-order valence-corrected chi connectivity index (χ3v) is 7.01. The minimum Gasteiger partial charge on any atom is -0.378 e. The van der Waals surface area contributed by atoms with E-state index in [1.54, 1.807) is 6.07 Å². The Morgan fingerprint density at radius 2 is 2.00 bits per heavy atom. The summed E-state index contributed by atoms with van der Waals surface area (Å²) < 4.78 is 13.9. The number of fused-ring (bicyclic) bond motifs is 9. The molecule has 2 fully saturated rings. The second kappa shape index (κ2) is 5.29. The Bertz CT molecular complexity index is 1110. The molecule has 134 valence electrons. The van der Waals surface area contributed by atoms with E-state index in [1.165, 1.54) is 30.9 Å². The van der Waals surface area contributed by atoms with E-state index < -0.39 is 5.82 Å². The first kappa shape index (κ1) is 15.2. The van der Waals surface area contributed by atoms with Gasteiger partial charge < -0.3 is 5.32 Å². The number of nitrogens with zero attached hydrogens (tertiary/aromatic N) is 3. The highest BCUT2D eigenvalue weighted by Crippen LogP contribution is 2.64. The van der Waals surface area contributed by atoms with Crippen LogP contribution in [0.15, 0.2) is 30.3 Å². The van der Waals surface area contributed by atoms with E-state index in [1.807, 2.05) is 18.2 Å². The number of H-pyrrole nitrogens is 1. The average Bonchev–Trinajstić information content (AvgIpc) is 3.43. The molecule has 2 aliphatic carbocycles. The molecule has 6 rings (SSSR count). The van der Waals surface area contributed by atoms with Crippen LogP contribution in [0.25, 0.3) is 11.0 Å². The van der Waals surface area contributed by atoms with Crippen LogP contribution in [0.1, 0.15) is 47.9 Å². The first-order chi connectivity index (χ1) is 13.2. The van der Waals surface area contributed by atoms with E-state index in [0.29, 0.717) is 23.7 Å². The van der Waals surface area contributed by atoms with Crippen molar-refractivity contribution in [2.75, 3.05) is 5.32 Å². The first-order valence-electron chi connectivity index (χ1n) is 9.54. The Morgan fingerprint density at radius 3 is 2.89 bits per heavy atom. The van der Waals surface area contributed by atoms with Gasteiger partial charge in [-0.3, -0.25) is 0 Å². The number of nitrogens with one attached hydrogen (secondary N) is 2. The summed E-state index contributed by atoms with van der Waals surface area (Å²) in [6.07, 6.45) is 3.76. The van der Waals surface area contributed by atoms with Gasteiger partial charge in [0.05, 0.1) is 11.6 Å². The van der Waals surface area contributed by atoms with Crippen molar-refractivity contribution in [3.63, 3.8) is 0 Å². The second-order valence-corrected chi connectivity index (χ2v) is 8.13. The standard InChI is InChI=1S/C21H18FN5/c22-14-4-3-12(8-13(14)9-23)20-18-11-2-1-10(7-11)17(18)19-15(24-20)5-6-16-21(19)26-27-25-16/h3-6,8,10-11,17-18,20,24H,1-2,7H2,(H,25,26,27)/t10?,11?,17-,18+,20-/m0/s1. The number of anilines is 1. The Morgan fingerprint density at radius 1 is 1.11 bits per heavy atom. The van der Waals surface area contributed by atoms with Crippen LogP contribution in [-0.2, 0) is 0 Å². The summed E-state index contributed by atoms with van der Waals surface area (Å²) in [4.78, 5) is 0. The predicted octanol–water partition coefficient (Wildman–Crippen LogP) is 4.27. The molecule has 2 aromatic carbocycles. The topological polar surface area (TPSA) is 77.4 Å². The SMILES string of the molecule is N#Cc1cc([C@@H]2Nc3ccc4n[nH]nc4c3[C@H]3C4CCC(C4)[C@@H]23)ccc1F. The molecule has 0 amide bonds. The molecular formula is C21H18FN5. The molecule has 0 radical (unpaired) electrons. The minimum atomic E-state index is -0.453. The quantitative estimate of drug-likeness (QED) is 0.680. The molecule has 1 aromatic heterocycles. The summed E-state index contributed by atoms with van der Waals surface area (Å²) in [5.41, 5.74) is 5.38. The van der Waals surface area contributed by atoms with E-state index in [-0.39, 0.29) is 11.6 Å². The van der Waals surface area contributed by atoms with Gasteiger partial charge in [0.25, 0.3) is 0 Å². The van der Waals surface area contributed by atoms with Gasteiger partial charge in [0.15, 0.2) is 0 Å². The highest BCUT2D eigenvalue weighted by Gasteiger charge is 2.54. The van der Waals surface area contributed by atoms with Gasteiger partial charge in [-0.15, -0.1) is 0 Å². The molecular weight excluding hydrogens is 341 g/mol. The van der Waals surface area contributed by atoms with Crippen LogP contribution < -0.4 is 5.32 Å². The zero-order valence-electron chi connectivity index (χ0n) is 14.6. The Kier molecular flexibility index (Phi) is 2.97. The Labute approximate surface area is 155 Å². The summed E-state index contributed by atoms with van der Waals surface area (Å²) in [7, 11) is 0. The molecule has 2 saturated carbocycles. The molecule has 2 N–H and O–H groups in total. The molecule has 0 saturated heterocycles. The van der Waals surface area contributed by atoms with Gasteiger partial charge in [0.1, 0.15) is 22.9 Å². The number of aromatic nitrogens is 3. The number of hydrogen-bond donors (Lipinski definition) is 2. The number of rotatable bonds is 1. The fourth-order valence-electron chi connectivity index (χ4n) is 6.03. The molecule has 2 unspecified atom stereocenters. The van der Waals surface area contributed by atoms with Crippen LogP contribution in [0.5, 0.6) is 0 Å². The number of hydrogen-bond acceptors (Lipinski definition) is 4. The second-order valence-electron chi connectivity index (χ2n) is 8.13. The predicted molar refractivity (Wildman–Crippen MR) is 98.4 cm³/mol. The summed E-state index contributed by atoms with van der Waals surface area (Å²) >= 11 is 0. The average molecular weight is 359 g/mol. The molecule has 0 spiro atoms. The van der Waals surface area contributed by atoms with Gasteiger partial charge in [0, 0.05) is 11.3 Å². The zero-order valence-corrected chi connectivity index (χ0v) is 14.6. The number of halogens is 1. The molecule has 5 nitrogen and oxygen atoms in total. The molecule has 3 aliphatic rings. The largest absolute Gasteiger partial charge is 0.378 e. The fourth-order valence-corrected chi connectivity index (χ4v) is 6.03. The van der Waals surface area contributed by atoms with Crippen LogP contribution >= 0.6 is 0 Å². The zero-order chi connectivity index (χ0) is 18.1. The van der Waals surface area contributed by atoms with Gasteiger partial charge in [-0.1, -0.05) is 6.07 Å². The lowest BCUT2D eigenvalue weighted by molar-refractivity contribution is 0.248. The van der Waals surface area contributed by atoms with Crippen LogP contribution in [0, 0.1) is 34.9 Å². The van der Waals surface area contributed by atoms with E-state index >= 15 is 0 Å². The fraction of sp³-hybridized carbons (Fsp3) is 0.381. The molecule has 5 atom stereocenters. The summed E-state index contributed by atoms with van der Waals surface area (Å²) in [5, 5.41) is 24.5. The molecule has 27 heavy (non-hydrogen) atoms. The third-order valence-electron chi connectivity index (χ3n) is 7.01. The van der Waals surface area contributed by atoms with Crippen LogP contribution in [-0.4, -0.2) is 15.4 Å². The van der Waals surface area contributed by atoms with Crippen molar-refractivity contribution in [2.24, 2.45) is 17.8 Å². The summed E-state index contributed by atoms with van der Waals surface area (Å²) in [6.45, 7) is 0. The van der Waals surface area contributed by atoms with E-state index in [2.05, 4.69) is 26.8 Å². The Balaban J connectivity index is 1.55. The smallest absolute Gasteiger partial charge is 0.140 e. The van der Waals surface area contributed by atoms with Crippen molar-refractivity contribution < 1.29 is 4.39 Å². The van der Waals surface area contributed by atoms with E-state index in [9.17, 15) is 9.65 Å². The van der Waals surface area contributed by atoms with Gasteiger partial charge in [-0.2, -0.15) is 20.7 Å². The third kappa shape index (κ3) is 1.97. The maximum Gasteiger partial charge on any atom is 0.140 e. The van der Waals surface area contributed by atoms with Crippen LogP contribution in [0.3, 0.4) is 0 Å². The van der Waals surface area contributed by atoms with Crippen molar-refractivity contribution in [1.29, 1.82) is 5.26 Å². The Hall–Kier alpha value is -2.94. The van der Waals surface area contributed by atoms with Crippen molar-refractivity contribution >= 4 is 16.7 Å². The lowest BCUT2D eigenvalue weighted by Crippen LogP contribution is -2.35. The maximum absolute atomic E-state index is 13.9. The molecule has 3 aromatic rings. The minimum absolute atomic E-state index is 0.0925. The molecule has 1 aliphatic heterocycles.